The number of benzene rings is 3. The second kappa shape index (κ2) is 13.5. The molecule has 0 aromatic heterocycles. The van der Waals surface area contributed by atoms with Gasteiger partial charge in [0.15, 0.2) is 23.1 Å². The first-order valence-corrected chi connectivity index (χ1v) is 14.1. The van der Waals surface area contributed by atoms with Crippen molar-refractivity contribution >= 4 is 23.3 Å². The number of carbonyl (C=O) groups is 2. The van der Waals surface area contributed by atoms with Crippen molar-refractivity contribution in [1.29, 1.82) is 0 Å². The predicted molar refractivity (Wildman–Crippen MR) is 156 cm³/mol. The molecule has 0 unspecified atom stereocenters. The summed E-state index contributed by atoms with van der Waals surface area (Å²) in [4.78, 5) is 29.2. The van der Waals surface area contributed by atoms with Gasteiger partial charge >= 0.3 is 11.8 Å². The highest BCUT2D eigenvalue weighted by molar-refractivity contribution is 6.39. The number of hydrogen-bond acceptors (Lipinski definition) is 7. The lowest BCUT2D eigenvalue weighted by atomic mass is 9.99. The molecule has 9 nitrogen and oxygen atoms in total. The third kappa shape index (κ3) is 7.25. The van der Waals surface area contributed by atoms with Crippen molar-refractivity contribution in [2.75, 3.05) is 38.7 Å². The standard InChI is InChI=1S/C32H35FN4O5/c1-20-4-3-5-22(14-20)18-36-31(38)32(39)37-23-6-7-28(25(33)15-23)42-27-10-13-35-26-17-30(29(40-2)16-24(26)27)41-19-21-8-11-34-12-9-21/h3-7,14-17,21,34H,8-13,18-19H2,1-2H3,(H,36,38)(H,37,39). The van der Waals surface area contributed by atoms with Crippen molar-refractivity contribution in [3.8, 4) is 17.2 Å². The smallest absolute Gasteiger partial charge is 0.313 e. The Kier molecular flexibility index (Phi) is 9.33. The van der Waals surface area contributed by atoms with Gasteiger partial charge in [0, 0.05) is 42.5 Å². The van der Waals surface area contributed by atoms with E-state index in [0.29, 0.717) is 53.3 Å². The Morgan fingerprint density at radius 3 is 2.62 bits per heavy atom. The number of piperidine rings is 1. The van der Waals surface area contributed by atoms with Crippen molar-refractivity contribution in [3.63, 3.8) is 0 Å². The molecule has 2 aliphatic heterocycles. The Hall–Kier alpha value is -4.44. The lowest BCUT2D eigenvalue weighted by molar-refractivity contribution is -0.136. The molecule has 3 aromatic rings. The molecule has 5 rings (SSSR count). The van der Waals surface area contributed by atoms with Gasteiger partial charge in [0.05, 0.1) is 19.1 Å². The Morgan fingerprint density at radius 2 is 1.86 bits per heavy atom. The summed E-state index contributed by atoms with van der Waals surface area (Å²) >= 11 is 0. The fraction of sp³-hybridized carbons (Fsp3) is 0.344. The molecule has 0 atom stereocenters. The van der Waals surface area contributed by atoms with Crippen LogP contribution < -0.4 is 40.7 Å². The molecular weight excluding hydrogens is 539 g/mol. The molecular formula is C32H35FN4O5. The van der Waals surface area contributed by atoms with Crippen LogP contribution in [-0.4, -0.2) is 45.2 Å². The number of carbonyl (C=O) groups excluding carboxylic acids is 2. The molecule has 3 aromatic carbocycles. The van der Waals surface area contributed by atoms with Gasteiger partial charge in [-0.1, -0.05) is 29.8 Å². The van der Waals surface area contributed by atoms with E-state index in [2.05, 4.69) is 20.9 Å². The van der Waals surface area contributed by atoms with Crippen LogP contribution >= 0.6 is 0 Å². The van der Waals surface area contributed by atoms with E-state index in [1.165, 1.54) is 12.1 Å². The molecule has 0 radical (unpaired) electrons. The topological polar surface area (TPSA) is 110 Å². The summed E-state index contributed by atoms with van der Waals surface area (Å²) < 4.78 is 32.8. The lowest BCUT2D eigenvalue weighted by Gasteiger charge is -2.23. The van der Waals surface area contributed by atoms with Crippen LogP contribution in [0.1, 0.15) is 30.4 Å². The number of aryl methyl sites for hydroxylation is 1. The monoisotopic (exact) mass is 574 g/mol. The maximum atomic E-state index is 15.1. The van der Waals surface area contributed by atoms with Crippen molar-refractivity contribution in [3.05, 3.63) is 82.1 Å². The third-order valence-corrected chi connectivity index (χ3v) is 7.30. The second-order valence-electron chi connectivity index (χ2n) is 10.5. The van der Waals surface area contributed by atoms with Crippen LogP contribution in [0.3, 0.4) is 0 Å². The fourth-order valence-corrected chi connectivity index (χ4v) is 5.02. The molecule has 2 aliphatic rings. The predicted octanol–water partition coefficient (Wildman–Crippen LogP) is 2.99. The number of amides is 2. The SMILES string of the molecule is COc1cc2c(cc1OCC1CCNCC1)=NCCC=2Oc1ccc(NC(=O)C(=O)NCc2cccc(C)c2)cc1F. The van der Waals surface area contributed by atoms with Gasteiger partial charge < -0.3 is 30.2 Å². The van der Waals surface area contributed by atoms with Crippen LogP contribution in [0.4, 0.5) is 10.1 Å². The average Bonchev–Trinajstić information content (AvgIpc) is 3.00. The summed E-state index contributed by atoms with van der Waals surface area (Å²) in [7, 11) is 1.58. The molecule has 1 saturated heterocycles. The van der Waals surface area contributed by atoms with Crippen molar-refractivity contribution in [2.45, 2.75) is 32.7 Å². The van der Waals surface area contributed by atoms with E-state index in [9.17, 15) is 9.59 Å². The summed E-state index contributed by atoms with van der Waals surface area (Å²) in [5.41, 5.74) is 2.06. The van der Waals surface area contributed by atoms with E-state index in [-0.39, 0.29) is 18.0 Å². The number of nitrogens with one attached hydrogen (secondary N) is 3. The van der Waals surface area contributed by atoms with Crippen LogP contribution in [0.5, 0.6) is 17.2 Å². The molecule has 2 amide bonds. The van der Waals surface area contributed by atoms with E-state index >= 15 is 4.39 Å². The Labute approximate surface area is 243 Å². The van der Waals surface area contributed by atoms with Gasteiger partial charge in [-0.05, 0) is 62.5 Å². The quantitative estimate of drug-likeness (QED) is 0.339. The molecule has 0 saturated carbocycles. The lowest BCUT2D eigenvalue weighted by Crippen LogP contribution is -2.35. The van der Waals surface area contributed by atoms with Gasteiger partial charge in [-0.2, -0.15) is 0 Å². The number of ether oxygens (including phenoxy) is 3. The van der Waals surface area contributed by atoms with E-state index in [4.69, 9.17) is 14.2 Å². The first-order chi connectivity index (χ1) is 20.4. The number of rotatable bonds is 9. The van der Waals surface area contributed by atoms with Crippen molar-refractivity contribution < 1.29 is 28.2 Å². The summed E-state index contributed by atoms with van der Waals surface area (Å²) in [6.45, 7) is 5.22. The van der Waals surface area contributed by atoms with Crippen LogP contribution in [0.15, 0.2) is 59.6 Å². The molecule has 42 heavy (non-hydrogen) atoms. The number of halogens is 1. The number of fused-ring (bicyclic) bond motifs is 1. The van der Waals surface area contributed by atoms with Crippen LogP contribution in [-0.2, 0) is 16.1 Å². The summed E-state index contributed by atoms with van der Waals surface area (Å²) in [5.74, 6) is -0.188. The number of hydrogen-bond donors (Lipinski definition) is 3. The molecule has 1 fully saturated rings. The normalized spacial score (nSPS) is 14.8. The Balaban J connectivity index is 1.25. The van der Waals surface area contributed by atoms with Crippen LogP contribution in [0.2, 0.25) is 0 Å². The summed E-state index contributed by atoms with van der Waals surface area (Å²) in [6.07, 6.45) is 2.61. The maximum Gasteiger partial charge on any atom is 0.313 e. The molecule has 0 aliphatic carbocycles. The Bertz CT molecular complexity index is 1590. The molecule has 3 N–H and O–H groups in total. The fourth-order valence-electron chi connectivity index (χ4n) is 5.02. The zero-order valence-electron chi connectivity index (χ0n) is 23.8. The highest BCUT2D eigenvalue weighted by Crippen LogP contribution is 2.27. The van der Waals surface area contributed by atoms with E-state index < -0.39 is 17.6 Å². The average molecular weight is 575 g/mol. The number of methoxy groups -OCH3 is 1. The minimum absolute atomic E-state index is 0.00931. The summed E-state index contributed by atoms with van der Waals surface area (Å²) in [6, 6.07) is 15.3. The molecule has 2 heterocycles. The van der Waals surface area contributed by atoms with Gasteiger partial charge in [-0.15, -0.1) is 0 Å². The van der Waals surface area contributed by atoms with E-state index in [1.54, 1.807) is 7.11 Å². The van der Waals surface area contributed by atoms with Gasteiger partial charge in [0.1, 0.15) is 5.76 Å². The zero-order valence-corrected chi connectivity index (χ0v) is 23.8. The first-order valence-electron chi connectivity index (χ1n) is 14.1. The minimum Gasteiger partial charge on any atom is -0.493 e. The summed E-state index contributed by atoms with van der Waals surface area (Å²) in [5, 5.41) is 9.76. The highest BCUT2D eigenvalue weighted by atomic mass is 19.1. The largest absolute Gasteiger partial charge is 0.493 e. The van der Waals surface area contributed by atoms with Gasteiger partial charge in [-0.3, -0.25) is 14.6 Å². The van der Waals surface area contributed by atoms with Gasteiger partial charge in [0.2, 0.25) is 0 Å². The Morgan fingerprint density at radius 1 is 1.02 bits per heavy atom. The minimum atomic E-state index is -0.891. The third-order valence-electron chi connectivity index (χ3n) is 7.30. The number of anilines is 1. The van der Waals surface area contributed by atoms with E-state index in [0.717, 1.165) is 43.1 Å². The molecule has 220 valence electrons. The van der Waals surface area contributed by atoms with Gasteiger partial charge in [-0.25, -0.2) is 4.39 Å². The zero-order chi connectivity index (χ0) is 29.5. The van der Waals surface area contributed by atoms with Gasteiger partial charge in [0.25, 0.3) is 0 Å². The number of nitrogens with zero attached hydrogens (tertiary/aromatic N) is 1. The van der Waals surface area contributed by atoms with Crippen molar-refractivity contribution in [1.82, 2.24) is 10.6 Å². The molecule has 0 spiro atoms. The second-order valence-corrected chi connectivity index (χ2v) is 10.5. The van der Waals surface area contributed by atoms with E-state index in [1.807, 2.05) is 43.3 Å². The van der Waals surface area contributed by atoms with Crippen LogP contribution in [0.25, 0.3) is 5.76 Å². The molecule has 0 bridgehead atoms. The van der Waals surface area contributed by atoms with Crippen molar-refractivity contribution in [2.24, 2.45) is 10.9 Å². The first kappa shape index (κ1) is 29.1. The molecule has 10 heteroatoms. The van der Waals surface area contributed by atoms with Crippen LogP contribution in [0, 0.1) is 18.7 Å². The maximum absolute atomic E-state index is 15.1. The highest BCUT2D eigenvalue weighted by Gasteiger charge is 2.19.